The number of pyridine rings is 1. The Balaban J connectivity index is 0.000000428. The molecule has 0 unspecified atom stereocenters. The van der Waals surface area contributed by atoms with Gasteiger partial charge < -0.3 is 9.47 Å². The Morgan fingerprint density at radius 3 is 2.23 bits per heavy atom. The fraction of sp³-hybridized carbons (Fsp3) is 0.368. The normalized spacial score (nSPS) is 9.65. The summed E-state index contributed by atoms with van der Waals surface area (Å²) in [5, 5.41) is 0. The van der Waals surface area contributed by atoms with Gasteiger partial charge in [0, 0.05) is 19.5 Å². The third-order valence-corrected chi connectivity index (χ3v) is 3.16. The molecule has 1 aromatic carbocycles. The van der Waals surface area contributed by atoms with Gasteiger partial charge in [-0.05, 0) is 30.5 Å². The third-order valence-electron chi connectivity index (χ3n) is 3.16. The van der Waals surface area contributed by atoms with Gasteiger partial charge in [-0.25, -0.2) is 4.79 Å². The van der Waals surface area contributed by atoms with Crippen molar-refractivity contribution in [3.63, 3.8) is 0 Å². The number of rotatable bonds is 5. The number of aryl methyl sites for hydroxylation is 1. The molecule has 1 aromatic heterocycles. The quantitative estimate of drug-likeness (QED) is 0.323. The first-order valence-electron chi connectivity index (χ1n) is 7.94. The van der Waals surface area contributed by atoms with Crippen molar-refractivity contribution in [3.8, 4) is 0 Å². The summed E-state index contributed by atoms with van der Waals surface area (Å²) in [4.78, 5) is 15.0. The summed E-state index contributed by atoms with van der Waals surface area (Å²) in [5.41, 5.74) is 3.22. The molecule has 7 heteroatoms. The SMILES string of the molecule is COCCOC(=O)c1cccnc1.Cc1ccc(C(C)C)cc1.[Cl][Ru][Cl]. The maximum atomic E-state index is 11.2. The molecule has 0 aliphatic carbocycles. The summed E-state index contributed by atoms with van der Waals surface area (Å²) in [5.74, 6) is 0.283. The van der Waals surface area contributed by atoms with Crippen LogP contribution in [0.15, 0.2) is 48.8 Å². The van der Waals surface area contributed by atoms with E-state index in [0.717, 1.165) is 0 Å². The van der Waals surface area contributed by atoms with Crippen molar-refractivity contribution in [1.82, 2.24) is 4.98 Å². The molecule has 0 saturated heterocycles. The molecule has 0 aliphatic rings. The molecule has 0 N–H and O–H groups in total. The average molecular weight is 487 g/mol. The second kappa shape index (κ2) is 16.2. The van der Waals surface area contributed by atoms with Crippen LogP contribution in [-0.2, 0) is 24.6 Å². The van der Waals surface area contributed by atoms with Gasteiger partial charge in [0.15, 0.2) is 0 Å². The number of hydrogen-bond acceptors (Lipinski definition) is 4. The number of aromatic nitrogens is 1. The van der Waals surface area contributed by atoms with Crippen LogP contribution in [0.2, 0.25) is 0 Å². The Morgan fingerprint density at radius 2 is 1.77 bits per heavy atom. The zero-order chi connectivity index (χ0) is 19.8. The molecular weight excluding hydrogens is 462 g/mol. The van der Waals surface area contributed by atoms with Crippen LogP contribution in [0, 0.1) is 6.92 Å². The van der Waals surface area contributed by atoms with Crippen LogP contribution in [0.25, 0.3) is 0 Å². The van der Waals surface area contributed by atoms with Gasteiger partial charge in [-0.2, -0.15) is 0 Å². The number of hydrogen-bond donors (Lipinski definition) is 0. The van der Waals surface area contributed by atoms with Gasteiger partial charge in [0.2, 0.25) is 0 Å². The second-order valence-corrected chi connectivity index (χ2v) is 8.13. The molecule has 0 spiro atoms. The van der Waals surface area contributed by atoms with E-state index in [2.05, 4.69) is 50.0 Å². The summed E-state index contributed by atoms with van der Waals surface area (Å²) >= 11 is -0.346. The Labute approximate surface area is 171 Å². The molecule has 1 heterocycles. The van der Waals surface area contributed by atoms with Crippen LogP contribution in [0.4, 0.5) is 0 Å². The zero-order valence-corrected chi connectivity index (χ0v) is 18.6. The summed E-state index contributed by atoms with van der Waals surface area (Å²) in [6, 6.07) is 12.1. The molecule has 0 aliphatic heterocycles. The topological polar surface area (TPSA) is 48.4 Å². The molecule has 0 amide bonds. The fourth-order valence-corrected chi connectivity index (χ4v) is 1.74. The van der Waals surface area contributed by atoms with E-state index >= 15 is 0 Å². The predicted octanol–water partition coefficient (Wildman–Crippen LogP) is 5.38. The maximum absolute atomic E-state index is 11.2. The molecule has 0 bridgehead atoms. The van der Waals surface area contributed by atoms with Crippen molar-refractivity contribution in [1.29, 1.82) is 0 Å². The third kappa shape index (κ3) is 12.4. The van der Waals surface area contributed by atoms with E-state index in [4.69, 9.17) is 28.9 Å². The first-order valence-corrected chi connectivity index (χ1v) is 12.4. The number of nitrogens with zero attached hydrogens (tertiary/aromatic N) is 1. The number of carbonyl (C=O) groups is 1. The molecule has 4 nitrogen and oxygen atoms in total. The van der Waals surface area contributed by atoms with Gasteiger partial charge >= 0.3 is 40.5 Å². The van der Waals surface area contributed by atoms with Gasteiger partial charge in [-0.3, -0.25) is 4.98 Å². The first-order chi connectivity index (χ1) is 12.5. The Kier molecular flexibility index (Phi) is 15.6. The second-order valence-electron chi connectivity index (χ2n) is 5.49. The Bertz CT molecular complexity index is 595. The summed E-state index contributed by atoms with van der Waals surface area (Å²) in [6.07, 6.45) is 3.07. The summed E-state index contributed by atoms with van der Waals surface area (Å²) in [6.45, 7) is 7.22. The van der Waals surface area contributed by atoms with Crippen LogP contribution >= 0.6 is 19.4 Å². The molecule has 0 saturated carbocycles. The molecule has 146 valence electrons. The van der Waals surface area contributed by atoms with E-state index in [-0.39, 0.29) is 27.7 Å². The molecule has 2 rings (SSSR count). The van der Waals surface area contributed by atoms with Gasteiger partial charge in [-0.15, -0.1) is 0 Å². The number of methoxy groups -OCH3 is 1. The standard InChI is InChI=1S/C10H14.C9H11NO3.2ClH.Ru/c1-8(2)10-6-4-9(3)5-7-10;1-12-5-6-13-9(11)8-3-2-4-10-7-8;;;/h4-8H,1-3H3;2-4,7H,5-6H2,1H3;2*1H;/q;;;;+2/p-2. The van der Waals surface area contributed by atoms with E-state index in [1.165, 1.54) is 17.3 Å². The molecule has 2 aromatic rings. The van der Waals surface area contributed by atoms with Crippen LogP contribution < -0.4 is 0 Å². The van der Waals surface area contributed by atoms with Crippen molar-refractivity contribution in [3.05, 3.63) is 65.5 Å². The minimum absolute atomic E-state index is 0.268. The molecule has 0 atom stereocenters. The van der Waals surface area contributed by atoms with E-state index in [0.29, 0.717) is 18.1 Å². The van der Waals surface area contributed by atoms with Crippen molar-refractivity contribution in [2.75, 3.05) is 20.3 Å². The molecular formula is C19H25Cl2NO3Ru. The average Bonchev–Trinajstić information content (AvgIpc) is 2.64. The fourth-order valence-electron chi connectivity index (χ4n) is 1.74. The van der Waals surface area contributed by atoms with Crippen LogP contribution in [0.3, 0.4) is 0 Å². The Morgan fingerprint density at radius 1 is 1.15 bits per heavy atom. The number of halogens is 2. The van der Waals surface area contributed by atoms with Crippen molar-refractivity contribution < 1.29 is 29.4 Å². The van der Waals surface area contributed by atoms with Gasteiger partial charge in [-0.1, -0.05) is 43.7 Å². The van der Waals surface area contributed by atoms with Gasteiger partial charge in [0.25, 0.3) is 0 Å². The van der Waals surface area contributed by atoms with Crippen molar-refractivity contribution in [2.24, 2.45) is 0 Å². The van der Waals surface area contributed by atoms with Crippen LogP contribution in [-0.4, -0.2) is 31.3 Å². The van der Waals surface area contributed by atoms with Crippen molar-refractivity contribution in [2.45, 2.75) is 26.7 Å². The predicted molar refractivity (Wildman–Crippen MR) is 103 cm³/mol. The van der Waals surface area contributed by atoms with E-state index in [9.17, 15) is 4.79 Å². The zero-order valence-electron chi connectivity index (χ0n) is 15.4. The molecule has 26 heavy (non-hydrogen) atoms. The van der Waals surface area contributed by atoms with E-state index in [1.807, 2.05) is 0 Å². The monoisotopic (exact) mass is 487 g/mol. The number of benzene rings is 1. The molecule has 0 radical (unpaired) electrons. The first kappa shape index (κ1) is 25.0. The van der Waals surface area contributed by atoms with Gasteiger partial charge in [0.1, 0.15) is 6.61 Å². The molecule has 0 fully saturated rings. The van der Waals surface area contributed by atoms with Gasteiger partial charge in [0.05, 0.1) is 12.2 Å². The number of carbonyl (C=O) groups excluding carboxylic acids is 1. The Hall–Kier alpha value is -0.997. The summed E-state index contributed by atoms with van der Waals surface area (Å²) in [7, 11) is 11.3. The van der Waals surface area contributed by atoms with Crippen LogP contribution in [0.5, 0.6) is 0 Å². The van der Waals surface area contributed by atoms with E-state index < -0.39 is 0 Å². The van der Waals surface area contributed by atoms with Crippen molar-refractivity contribution >= 4 is 25.4 Å². The van der Waals surface area contributed by atoms with E-state index in [1.54, 1.807) is 25.4 Å². The number of ether oxygens (including phenoxy) is 2. The number of esters is 1. The van der Waals surface area contributed by atoms with Crippen LogP contribution in [0.1, 0.15) is 41.3 Å². The summed E-state index contributed by atoms with van der Waals surface area (Å²) < 4.78 is 9.60. The minimum atomic E-state index is -0.370.